The van der Waals surface area contributed by atoms with Gasteiger partial charge in [0, 0.05) is 20.6 Å². The summed E-state index contributed by atoms with van der Waals surface area (Å²) in [4.78, 5) is 0.358. The number of nitrogens with one attached hydrogen (secondary N) is 1. The lowest BCUT2D eigenvalue weighted by Gasteiger charge is -2.27. The molecule has 1 aliphatic rings. The Kier molecular flexibility index (Phi) is 4.51. The van der Waals surface area contributed by atoms with Crippen LogP contribution in [0.25, 0.3) is 0 Å². The van der Waals surface area contributed by atoms with Crippen LogP contribution in [0.4, 0.5) is 0 Å². The third-order valence-corrected chi connectivity index (χ3v) is 6.16. The maximum Gasteiger partial charge on any atom is 0.246 e. The highest BCUT2D eigenvalue weighted by Gasteiger charge is 2.29. The van der Waals surface area contributed by atoms with Crippen LogP contribution in [0.15, 0.2) is 4.90 Å². The van der Waals surface area contributed by atoms with Gasteiger partial charge in [0.1, 0.15) is 4.90 Å². The average molecular weight is 300 g/mol. The monoisotopic (exact) mass is 300 g/mol. The highest BCUT2D eigenvalue weighted by Crippen LogP contribution is 2.24. The van der Waals surface area contributed by atoms with Crippen molar-refractivity contribution < 1.29 is 8.42 Å². The van der Waals surface area contributed by atoms with Crippen LogP contribution in [0, 0.1) is 19.8 Å². The van der Waals surface area contributed by atoms with Gasteiger partial charge in [-0.25, -0.2) is 12.7 Å². The van der Waals surface area contributed by atoms with E-state index in [0.717, 1.165) is 25.9 Å². The molecule has 0 aliphatic carbocycles. The van der Waals surface area contributed by atoms with Gasteiger partial charge >= 0.3 is 0 Å². The molecule has 1 N–H and O–H groups in total. The second-order valence-corrected chi connectivity index (χ2v) is 7.58. The molecule has 1 aliphatic heterocycles. The van der Waals surface area contributed by atoms with Gasteiger partial charge in [-0.1, -0.05) is 0 Å². The van der Waals surface area contributed by atoms with Crippen molar-refractivity contribution in [3.05, 3.63) is 11.4 Å². The smallest absolute Gasteiger partial charge is 0.246 e. The topological polar surface area (TPSA) is 67.2 Å². The van der Waals surface area contributed by atoms with Crippen LogP contribution in [-0.2, 0) is 17.1 Å². The maximum absolute atomic E-state index is 12.7. The van der Waals surface area contributed by atoms with Gasteiger partial charge in [-0.3, -0.25) is 4.68 Å². The second kappa shape index (κ2) is 5.83. The van der Waals surface area contributed by atoms with Crippen molar-refractivity contribution >= 4 is 10.0 Å². The van der Waals surface area contributed by atoms with Gasteiger partial charge in [0.15, 0.2) is 0 Å². The fourth-order valence-electron chi connectivity index (χ4n) is 2.81. The number of hydrogen-bond donors (Lipinski definition) is 1. The van der Waals surface area contributed by atoms with Crippen molar-refractivity contribution in [1.29, 1.82) is 0 Å². The number of aryl methyl sites for hydroxylation is 2. The molecule has 0 unspecified atom stereocenters. The standard InChI is InChI=1S/C13H24N4O2S/c1-10-13(11(2)17(4)15-10)20(18,19)16(3)9-12-5-7-14-8-6-12/h12,14H,5-9H2,1-4H3. The minimum atomic E-state index is -3.45. The first kappa shape index (κ1) is 15.5. The lowest BCUT2D eigenvalue weighted by atomic mass is 9.98. The molecule has 114 valence electrons. The fraction of sp³-hybridized carbons (Fsp3) is 0.769. The molecule has 0 bridgehead atoms. The zero-order chi connectivity index (χ0) is 14.9. The minimum Gasteiger partial charge on any atom is -0.317 e. The van der Waals surface area contributed by atoms with Crippen LogP contribution in [0.2, 0.25) is 0 Å². The molecule has 1 aromatic heterocycles. The fourth-order valence-corrected chi connectivity index (χ4v) is 4.45. The summed E-state index contributed by atoms with van der Waals surface area (Å²) in [6, 6.07) is 0. The van der Waals surface area contributed by atoms with Gasteiger partial charge in [-0.05, 0) is 45.7 Å². The summed E-state index contributed by atoms with van der Waals surface area (Å²) in [6.45, 7) is 6.08. The predicted octanol–water partition coefficient (Wildman–Crippen LogP) is 0.657. The Morgan fingerprint density at radius 2 is 1.95 bits per heavy atom. The summed E-state index contributed by atoms with van der Waals surface area (Å²) in [5.41, 5.74) is 1.27. The van der Waals surface area contributed by atoms with Gasteiger partial charge in [0.05, 0.1) is 11.4 Å². The lowest BCUT2D eigenvalue weighted by molar-refractivity contribution is 0.311. The molecule has 2 heterocycles. The first-order valence-electron chi connectivity index (χ1n) is 7.01. The van der Waals surface area contributed by atoms with E-state index in [1.165, 1.54) is 4.31 Å². The van der Waals surface area contributed by atoms with E-state index in [2.05, 4.69) is 10.4 Å². The van der Waals surface area contributed by atoms with E-state index in [4.69, 9.17) is 0 Å². The average Bonchev–Trinajstić information content (AvgIpc) is 2.64. The summed E-state index contributed by atoms with van der Waals surface area (Å²) >= 11 is 0. The summed E-state index contributed by atoms with van der Waals surface area (Å²) in [6.07, 6.45) is 2.07. The molecule has 2 rings (SSSR count). The molecule has 0 saturated carbocycles. The first-order chi connectivity index (χ1) is 9.34. The Labute approximate surface area is 121 Å². The third kappa shape index (κ3) is 2.89. The maximum atomic E-state index is 12.7. The summed E-state index contributed by atoms with van der Waals surface area (Å²) in [5.74, 6) is 0.438. The number of nitrogens with zero attached hydrogens (tertiary/aromatic N) is 3. The van der Waals surface area contributed by atoms with Gasteiger partial charge in [-0.15, -0.1) is 0 Å². The quantitative estimate of drug-likeness (QED) is 0.887. The SMILES string of the molecule is Cc1nn(C)c(C)c1S(=O)(=O)N(C)CC1CCNCC1. The van der Waals surface area contributed by atoms with E-state index < -0.39 is 10.0 Å². The van der Waals surface area contributed by atoms with E-state index >= 15 is 0 Å². The van der Waals surface area contributed by atoms with E-state index in [1.54, 1.807) is 32.6 Å². The van der Waals surface area contributed by atoms with Crippen LogP contribution < -0.4 is 5.32 Å². The molecule has 1 saturated heterocycles. The second-order valence-electron chi connectivity index (χ2n) is 5.60. The number of hydrogen-bond acceptors (Lipinski definition) is 4. The van der Waals surface area contributed by atoms with E-state index in [9.17, 15) is 8.42 Å². The Morgan fingerprint density at radius 1 is 1.35 bits per heavy atom. The number of aromatic nitrogens is 2. The normalized spacial score (nSPS) is 17.9. The van der Waals surface area contributed by atoms with Crippen LogP contribution in [-0.4, -0.2) is 49.2 Å². The largest absolute Gasteiger partial charge is 0.317 e. The van der Waals surface area contributed by atoms with Crippen LogP contribution in [0.5, 0.6) is 0 Å². The van der Waals surface area contributed by atoms with Crippen molar-refractivity contribution in [1.82, 2.24) is 19.4 Å². The Balaban J connectivity index is 2.20. The van der Waals surface area contributed by atoms with Crippen molar-refractivity contribution in [3.8, 4) is 0 Å². The third-order valence-electron chi connectivity index (χ3n) is 4.08. The van der Waals surface area contributed by atoms with Gasteiger partial charge in [0.2, 0.25) is 10.0 Å². The molecule has 0 aromatic carbocycles. The molecular weight excluding hydrogens is 276 g/mol. The minimum absolute atomic E-state index is 0.358. The molecule has 6 nitrogen and oxygen atoms in total. The first-order valence-corrected chi connectivity index (χ1v) is 8.45. The highest BCUT2D eigenvalue weighted by molar-refractivity contribution is 7.89. The van der Waals surface area contributed by atoms with Crippen molar-refractivity contribution in [3.63, 3.8) is 0 Å². The molecule has 0 amide bonds. The molecule has 1 aromatic rings. The summed E-state index contributed by atoms with van der Waals surface area (Å²) < 4.78 is 28.5. The van der Waals surface area contributed by atoms with Crippen molar-refractivity contribution in [2.75, 3.05) is 26.7 Å². The molecule has 0 spiro atoms. The van der Waals surface area contributed by atoms with Crippen molar-refractivity contribution in [2.24, 2.45) is 13.0 Å². The molecule has 1 fully saturated rings. The van der Waals surface area contributed by atoms with Crippen LogP contribution in [0.3, 0.4) is 0 Å². The highest BCUT2D eigenvalue weighted by atomic mass is 32.2. The van der Waals surface area contributed by atoms with Gasteiger partial charge in [-0.2, -0.15) is 5.10 Å². The summed E-state index contributed by atoms with van der Waals surface area (Å²) in [5, 5.41) is 7.51. The van der Waals surface area contributed by atoms with Crippen LogP contribution in [0.1, 0.15) is 24.2 Å². The van der Waals surface area contributed by atoms with E-state index in [0.29, 0.717) is 28.7 Å². The van der Waals surface area contributed by atoms with E-state index in [1.807, 2.05) is 0 Å². The molecule has 7 heteroatoms. The lowest BCUT2D eigenvalue weighted by Crippen LogP contribution is -2.37. The Morgan fingerprint density at radius 3 is 2.45 bits per heavy atom. The number of sulfonamides is 1. The summed E-state index contributed by atoms with van der Waals surface area (Å²) in [7, 11) is -0.00741. The molecule has 0 radical (unpaired) electrons. The zero-order valence-electron chi connectivity index (χ0n) is 12.7. The predicted molar refractivity (Wildman–Crippen MR) is 78.1 cm³/mol. The zero-order valence-corrected chi connectivity index (χ0v) is 13.5. The molecular formula is C13H24N4O2S. The van der Waals surface area contributed by atoms with Crippen molar-refractivity contribution in [2.45, 2.75) is 31.6 Å². The van der Waals surface area contributed by atoms with E-state index in [-0.39, 0.29) is 0 Å². The molecule has 0 atom stereocenters. The number of rotatable bonds is 4. The van der Waals surface area contributed by atoms with Crippen LogP contribution >= 0.6 is 0 Å². The Hall–Kier alpha value is -0.920. The van der Waals surface area contributed by atoms with Gasteiger partial charge < -0.3 is 5.32 Å². The molecule has 20 heavy (non-hydrogen) atoms. The van der Waals surface area contributed by atoms with Gasteiger partial charge in [0.25, 0.3) is 0 Å². The number of piperidine rings is 1. The Bertz CT molecular complexity index is 573.